The molecule has 0 aliphatic heterocycles. The highest BCUT2D eigenvalue weighted by Gasteiger charge is 2.25. The number of benzene rings is 2. The summed E-state index contributed by atoms with van der Waals surface area (Å²) in [6, 6.07) is 12.3. The number of nitrogen functional groups attached to an aromatic ring is 1. The average Bonchev–Trinajstić information content (AvgIpc) is 2.95. The Balaban J connectivity index is 1.88. The van der Waals surface area contributed by atoms with Crippen molar-refractivity contribution in [1.82, 2.24) is 14.2 Å². The van der Waals surface area contributed by atoms with Crippen molar-refractivity contribution in [1.29, 1.82) is 0 Å². The first-order valence-corrected chi connectivity index (χ1v) is 8.90. The molecule has 3 N–H and O–H groups in total. The van der Waals surface area contributed by atoms with E-state index in [0.717, 1.165) is 23.8 Å². The summed E-state index contributed by atoms with van der Waals surface area (Å²) in [4.78, 5) is 3.57. The van der Waals surface area contributed by atoms with Gasteiger partial charge in [0.25, 0.3) is 10.0 Å². The number of hydrogen-bond acceptors (Lipinski definition) is 6. The van der Waals surface area contributed by atoms with Crippen molar-refractivity contribution < 1.29 is 12.8 Å². The molecule has 10 heteroatoms. The summed E-state index contributed by atoms with van der Waals surface area (Å²) < 4.78 is 38.9. The van der Waals surface area contributed by atoms with Gasteiger partial charge in [-0.3, -0.25) is 0 Å². The van der Waals surface area contributed by atoms with E-state index in [1.807, 2.05) is 30.3 Å². The molecule has 0 radical (unpaired) electrons. The molecule has 7 nitrogen and oxygen atoms in total. The lowest BCUT2D eigenvalue weighted by Crippen LogP contribution is -2.17. The molecule has 0 unspecified atom stereocenters. The van der Waals surface area contributed by atoms with Gasteiger partial charge in [-0.2, -0.15) is 13.4 Å². The number of nitrogens with zero attached hydrogens (tertiary/aromatic N) is 3. The summed E-state index contributed by atoms with van der Waals surface area (Å²) >= 11 is 5.83. The molecule has 1 aromatic heterocycles. The fraction of sp³-hybridized carbons (Fsp3) is 0.0667. The molecule has 130 valence electrons. The maximum absolute atomic E-state index is 13.1. The summed E-state index contributed by atoms with van der Waals surface area (Å²) in [6.45, 7) is 0.391. The van der Waals surface area contributed by atoms with Gasteiger partial charge in [0.15, 0.2) is 0 Å². The summed E-state index contributed by atoms with van der Waals surface area (Å²) in [7, 11) is -4.20. The number of anilines is 2. The molecule has 0 bridgehead atoms. The lowest BCUT2D eigenvalue weighted by atomic mass is 10.2. The Hall–Kier alpha value is -2.65. The predicted octanol–water partition coefficient (Wildman–Crippen LogP) is 2.50. The second-order valence-electron chi connectivity index (χ2n) is 5.06. The first-order valence-electron chi connectivity index (χ1n) is 7.09. The van der Waals surface area contributed by atoms with Crippen molar-refractivity contribution in [3.05, 3.63) is 64.9 Å². The highest BCUT2D eigenvalue weighted by Crippen LogP contribution is 2.25. The van der Waals surface area contributed by atoms with Crippen molar-refractivity contribution in [3.63, 3.8) is 0 Å². The van der Waals surface area contributed by atoms with Crippen LogP contribution in [0.1, 0.15) is 5.56 Å². The zero-order valence-corrected chi connectivity index (χ0v) is 14.3. The van der Waals surface area contributed by atoms with Crippen LogP contribution in [0.2, 0.25) is 5.02 Å². The zero-order chi connectivity index (χ0) is 18.0. The third-order valence-electron chi connectivity index (χ3n) is 3.29. The Kier molecular flexibility index (Phi) is 4.60. The first kappa shape index (κ1) is 17.2. The fourth-order valence-electron chi connectivity index (χ4n) is 2.12. The SMILES string of the molecule is Nc1nc(NCc2ccccc2)nn1S(=O)(=O)c1ccc(F)cc1Cl. The van der Waals surface area contributed by atoms with Gasteiger partial charge in [0.1, 0.15) is 10.7 Å². The van der Waals surface area contributed by atoms with E-state index in [4.69, 9.17) is 17.3 Å². The van der Waals surface area contributed by atoms with Crippen LogP contribution in [-0.2, 0) is 16.6 Å². The van der Waals surface area contributed by atoms with Crippen molar-refractivity contribution >= 4 is 33.5 Å². The standard InChI is InChI=1S/C15H13ClFN5O2S/c16-12-8-11(17)6-7-13(12)25(23,24)22-14(18)20-15(21-22)19-9-10-4-2-1-3-5-10/h1-8H,9H2,(H3,18,19,20,21). The Labute approximate surface area is 148 Å². The van der Waals surface area contributed by atoms with Crippen molar-refractivity contribution in [2.45, 2.75) is 11.4 Å². The molecular formula is C15H13ClFN5O2S. The first-order chi connectivity index (χ1) is 11.9. The Morgan fingerprint density at radius 3 is 2.60 bits per heavy atom. The van der Waals surface area contributed by atoms with E-state index in [-0.39, 0.29) is 21.8 Å². The average molecular weight is 382 g/mol. The van der Waals surface area contributed by atoms with E-state index in [9.17, 15) is 12.8 Å². The topological polar surface area (TPSA) is 103 Å². The summed E-state index contributed by atoms with van der Waals surface area (Å²) in [5.41, 5.74) is 6.63. The Bertz CT molecular complexity index is 1010. The van der Waals surface area contributed by atoms with Crippen LogP contribution in [0.4, 0.5) is 16.3 Å². The second kappa shape index (κ2) is 6.69. The van der Waals surface area contributed by atoms with Crippen LogP contribution < -0.4 is 11.1 Å². The van der Waals surface area contributed by atoms with E-state index in [1.165, 1.54) is 0 Å². The van der Waals surface area contributed by atoms with Gasteiger partial charge in [0.05, 0.1) is 5.02 Å². The molecule has 0 saturated heterocycles. The summed E-state index contributed by atoms with van der Waals surface area (Å²) in [5.74, 6) is -0.945. The molecule has 2 aromatic carbocycles. The van der Waals surface area contributed by atoms with Crippen LogP contribution in [-0.4, -0.2) is 22.6 Å². The van der Waals surface area contributed by atoms with Gasteiger partial charge in [-0.05, 0) is 23.8 Å². The van der Waals surface area contributed by atoms with Crippen LogP contribution in [0.25, 0.3) is 0 Å². The molecule has 0 atom stereocenters. The molecule has 3 aromatic rings. The molecule has 0 amide bonds. The molecule has 0 spiro atoms. The lowest BCUT2D eigenvalue weighted by molar-refractivity contribution is 0.580. The maximum Gasteiger partial charge on any atom is 0.287 e. The Morgan fingerprint density at radius 2 is 1.92 bits per heavy atom. The molecule has 3 rings (SSSR count). The quantitative estimate of drug-likeness (QED) is 0.703. The number of hydrogen-bond donors (Lipinski definition) is 2. The van der Waals surface area contributed by atoms with Crippen LogP contribution in [0.5, 0.6) is 0 Å². The maximum atomic E-state index is 13.1. The summed E-state index contributed by atoms with van der Waals surface area (Å²) in [6.07, 6.45) is 0. The predicted molar refractivity (Wildman–Crippen MR) is 92.2 cm³/mol. The normalized spacial score (nSPS) is 11.4. The van der Waals surface area contributed by atoms with Crippen molar-refractivity contribution in [2.75, 3.05) is 11.1 Å². The van der Waals surface area contributed by atoms with Gasteiger partial charge in [-0.1, -0.05) is 41.9 Å². The van der Waals surface area contributed by atoms with Gasteiger partial charge >= 0.3 is 0 Å². The molecule has 0 fully saturated rings. The number of halogens is 2. The zero-order valence-electron chi connectivity index (χ0n) is 12.7. The van der Waals surface area contributed by atoms with E-state index >= 15 is 0 Å². The molecule has 0 aliphatic rings. The van der Waals surface area contributed by atoms with Gasteiger partial charge in [-0.15, -0.1) is 9.19 Å². The monoisotopic (exact) mass is 381 g/mol. The van der Waals surface area contributed by atoms with E-state index in [1.54, 1.807) is 0 Å². The lowest BCUT2D eigenvalue weighted by Gasteiger charge is -2.06. The van der Waals surface area contributed by atoms with E-state index in [0.29, 0.717) is 10.6 Å². The highest BCUT2D eigenvalue weighted by atomic mass is 35.5. The highest BCUT2D eigenvalue weighted by molar-refractivity contribution is 7.90. The number of rotatable bonds is 5. The molecule has 0 aliphatic carbocycles. The molecule has 0 saturated carbocycles. The number of nitrogens with one attached hydrogen (secondary N) is 1. The molecule has 25 heavy (non-hydrogen) atoms. The van der Waals surface area contributed by atoms with Gasteiger partial charge in [0.2, 0.25) is 11.9 Å². The van der Waals surface area contributed by atoms with E-state index in [2.05, 4.69) is 15.4 Å². The van der Waals surface area contributed by atoms with Crippen LogP contribution in [0.15, 0.2) is 53.4 Å². The fourth-order valence-corrected chi connectivity index (χ4v) is 3.78. The second-order valence-corrected chi connectivity index (χ2v) is 7.20. The van der Waals surface area contributed by atoms with Crippen LogP contribution >= 0.6 is 11.6 Å². The van der Waals surface area contributed by atoms with Gasteiger partial charge in [-0.25, -0.2) is 4.39 Å². The minimum atomic E-state index is -4.20. The smallest absolute Gasteiger partial charge is 0.287 e. The van der Waals surface area contributed by atoms with E-state index < -0.39 is 15.8 Å². The summed E-state index contributed by atoms with van der Waals surface area (Å²) in [5, 5.41) is 6.48. The minimum Gasteiger partial charge on any atom is -0.367 e. The number of nitrogens with two attached hydrogens (primary N) is 1. The molecule has 1 heterocycles. The van der Waals surface area contributed by atoms with Gasteiger partial charge < -0.3 is 11.1 Å². The Morgan fingerprint density at radius 1 is 1.20 bits per heavy atom. The van der Waals surface area contributed by atoms with Gasteiger partial charge in [0, 0.05) is 6.54 Å². The number of aromatic nitrogens is 3. The van der Waals surface area contributed by atoms with Crippen LogP contribution in [0.3, 0.4) is 0 Å². The molecular weight excluding hydrogens is 369 g/mol. The van der Waals surface area contributed by atoms with Crippen molar-refractivity contribution in [2.24, 2.45) is 0 Å². The van der Waals surface area contributed by atoms with Crippen molar-refractivity contribution in [3.8, 4) is 0 Å². The minimum absolute atomic E-state index is 0.0446. The third kappa shape index (κ3) is 3.57. The largest absolute Gasteiger partial charge is 0.367 e. The van der Waals surface area contributed by atoms with Crippen LogP contribution in [0, 0.1) is 5.82 Å². The third-order valence-corrected chi connectivity index (χ3v) is 5.36.